The lowest BCUT2D eigenvalue weighted by atomic mass is 9.95. The van der Waals surface area contributed by atoms with Gasteiger partial charge in [-0.15, -0.1) is 6.42 Å². The number of halogens is 2. The summed E-state index contributed by atoms with van der Waals surface area (Å²) in [5.41, 5.74) is 7.60. The van der Waals surface area contributed by atoms with Gasteiger partial charge < -0.3 is 20.1 Å². The Morgan fingerprint density at radius 2 is 2.02 bits per heavy atom. The number of fused-ring (bicyclic) bond motifs is 3. The lowest BCUT2D eigenvalue weighted by Crippen LogP contribution is -2.30. The summed E-state index contributed by atoms with van der Waals surface area (Å²) in [7, 11) is 1.42. The number of pyridine rings is 1. The number of rotatable bonds is 3. The Labute approximate surface area is 261 Å². The van der Waals surface area contributed by atoms with Crippen LogP contribution >= 0.6 is 0 Å². The first kappa shape index (κ1) is 29.6. The van der Waals surface area contributed by atoms with Gasteiger partial charge >= 0.3 is 6.01 Å². The van der Waals surface area contributed by atoms with E-state index < -0.39 is 11.6 Å². The molecule has 1 aliphatic carbocycles. The van der Waals surface area contributed by atoms with E-state index in [0.717, 1.165) is 11.5 Å². The maximum atomic E-state index is 16.1. The number of benzene rings is 2. The average Bonchev–Trinajstić information content (AvgIpc) is 3.60. The Kier molecular flexibility index (Phi) is 7.70. The third-order valence-corrected chi connectivity index (χ3v) is 9.72. The van der Waals surface area contributed by atoms with Crippen LogP contribution in [0.3, 0.4) is 0 Å². The van der Waals surface area contributed by atoms with Gasteiger partial charge in [-0.3, -0.25) is 9.88 Å². The van der Waals surface area contributed by atoms with Gasteiger partial charge in [0.15, 0.2) is 5.82 Å². The highest BCUT2D eigenvalue weighted by Gasteiger charge is 2.52. The summed E-state index contributed by atoms with van der Waals surface area (Å²) < 4.78 is 41.6. The highest BCUT2D eigenvalue weighted by molar-refractivity contribution is 6.03. The highest BCUT2D eigenvalue weighted by atomic mass is 19.1. The maximum Gasteiger partial charge on any atom is 0.318 e. The van der Waals surface area contributed by atoms with Crippen LogP contribution < -0.4 is 15.4 Å². The second-order valence-corrected chi connectivity index (χ2v) is 13.0. The van der Waals surface area contributed by atoms with Gasteiger partial charge in [-0.1, -0.05) is 18.9 Å². The van der Waals surface area contributed by atoms with Crippen molar-refractivity contribution in [1.82, 2.24) is 19.9 Å². The summed E-state index contributed by atoms with van der Waals surface area (Å²) >= 11 is 0. The number of aromatic nitrogens is 3. The second-order valence-electron chi connectivity index (χ2n) is 13.0. The first-order valence-corrected chi connectivity index (χ1v) is 15.7. The van der Waals surface area contributed by atoms with E-state index in [-0.39, 0.29) is 34.3 Å². The number of nitrogens with zero attached hydrogens (tertiary/aromatic N) is 5. The van der Waals surface area contributed by atoms with Crippen molar-refractivity contribution in [3.05, 3.63) is 47.7 Å². The van der Waals surface area contributed by atoms with Crippen LogP contribution in [0.1, 0.15) is 44.6 Å². The Bertz CT molecular complexity index is 1810. The van der Waals surface area contributed by atoms with Gasteiger partial charge in [-0.2, -0.15) is 9.97 Å². The molecule has 5 heterocycles. The molecule has 0 radical (unpaired) electrons. The van der Waals surface area contributed by atoms with Crippen molar-refractivity contribution in [1.29, 1.82) is 0 Å². The lowest BCUT2D eigenvalue weighted by molar-refractivity contribution is 0.129. The SMILES string of the molecule is C#Cc1c(F)ccc2cc(N)cc(-c3ncc4c(N5CCOCC(C)C5)nc(OC)nc4c3F)c12.C1CC2CC3(CC3)CN2C1. The molecule has 10 heteroatoms. The van der Waals surface area contributed by atoms with E-state index in [9.17, 15) is 4.39 Å². The van der Waals surface area contributed by atoms with Gasteiger partial charge in [-0.05, 0) is 73.6 Å². The van der Waals surface area contributed by atoms with E-state index in [1.54, 1.807) is 31.4 Å². The smallest absolute Gasteiger partial charge is 0.318 e. The van der Waals surface area contributed by atoms with Crippen molar-refractivity contribution in [2.45, 2.75) is 45.1 Å². The maximum absolute atomic E-state index is 16.1. The molecule has 2 aromatic carbocycles. The zero-order valence-corrected chi connectivity index (χ0v) is 25.8. The molecule has 234 valence electrons. The van der Waals surface area contributed by atoms with Crippen LogP contribution in [0.4, 0.5) is 20.3 Å². The molecule has 4 fully saturated rings. The Hall–Kier alpha value is -4.07. The van der Waals surface area contributed by atoms with E-state index in [0.29, 0.717) is 54.0 Å². The molecule has 0 amide bonds. The molecular weight excluding hydrogens is 574 g/mol. The molecule has 2 N–H and O–H groups in total. The predicted octanol–water partition coefficient (Wildman–Crippen LogP) is 5.80. The third kappa shape index (κ3) is 5.53. The number of hydrogen-bond acceptors (Lipinski definition) is 8. The fourth-order valence-corrected chi connectivity index (χ4v) is 7.37. The van der Waals surface area contributed by atoms with Crippen molar-refractivity contribution < 1.29 is 18.3 Å². The Morgan fingerprint density at radius 3 is 2.78 bits per heavy atom. The molecule has 4 aliphatic rings. The van der Waals surface area contributed by atoms with E-state index in [4.69, 9.17) is 21.6 Å². The number of ether oxygens (including phenoxy) is 2. The van der Waals surface area contributed by atoms with Crippen LogP contribution in [-0.4, -0.2) is 72.4 Å². The summed E-state index contributed by atoms with van der Waals surface area (Å²) in [6.07, 6.45) is 14.7. The van der Waals surface area contributed by atoms with Crippen molar-refractivity contribution in [3.8, 4) is 29.6 Å². The van der Waals surface area contributed by atoms with E-state index in [2.05, 4.69) is 32.7 Å². The molecule has 0 bridgehead atoms. The predicted molar refractivity (Wildman–Crippen MR) is 172 cm³/mol. The van der Waals surface area contributed by atoms with Gasteiger partial charge in [0, 0.05) is 48.5 Å². The normalized spacial score (nSPS) is 22.2. The minimum absolute atomic E-state index is 0.0123. The van der Waals surface area contributed by atoms with Crippen LogP contribution in [0.5, 0.6) is 6.01 Å². The summed E-state index contributed by atoms with van der Waals surface area (Å²) in [5.74, 6) is 1.84. The largest absolute Gasteiger partial charge is 0.467 e. The molecule has 2 unspecified atom stereocenters. The zero-order valence-electron chi connectivity index (χ0n) is 25.8. The van der Waals surface area contributed by atoms with Crippen molar-refractivity contribution >= 4 is 33.2 Å². The quantitative estimate of drug-likeness (QED) is 0.229. The zero-order chi connectivity index (χ0) is 31.3. The van der Waals surface area contributed by atoms with Crippen LogP contribution in [0.15, 0.2) is 30.5 Å². The molecule has 2 aromatic heterocycles. The summed E-state index contributed by atoms with van der Waals surface area (Å²) in [4.78, 5) is 18.0. The van der Waals surface area contributed by atoms with Gasteiger partial charge in [0.05, 0.1) is 31.3 Å². The van der Waals surface area contributed by atoms with Crippen molar-refractivity contribution in [2.24, 2.45) is 11.3 Å². The highest BCUT2D eigenvalue weighted by Crippen LogP contribution is 2.56. The number of anilines is 2. The van der Waals surface area contributed by atoms with Gasteiger partial charge in [0.1, 0.15) is 22.8 Å². The number of terminal acetylenes is 1. The lowest BCUT2D eigenvalue weighted by Gasteiger charge is -2.24. The van der Waals surface area contributed by atoms with Crippen LogP contribution in [0.2, 0.25) is 0 Å². The van der Waals surface area contributed by atoms with Crippen LogP contribution in [0, 0.1) is 35.3 Å². The molecule has 3 aliphatic heterocycles. The molecule has 4 aromatic rings. The van der Waals surface area contributed by atoms with Gasteiger partial charge in [0.2, 0.25) is 0 Å². The monoisotopic (exact) mass is 612 g/mol. The molecule has 1 saturated carbocycles. The molecule has 3 saturated heterocycles. The van der Waals surface area contributed by atoms with Gasteiger partial charge in [-0.25, -0.2) is 8.78 Å². The molecule has 8 nitrogen and oxygen atoms in total. The van der Waals surface area contributed by atoms with Crippen LogP contribution in [-0.2, 0) is 4.74 Å². The number of nitrogen functional groups attached to an aromatic ring is 1. The first-order valence-electron chi connectivity index (χ1n) is 15.7. The average molecular weight is 613 g/mol. The van der Waals surface area contributed by atoms with E-state index in [1.165, 1.54) is 51.4 Å². The van der Waals surface area contributed by atoms with Crippen LogP contribution in [0.25, 0.3) is 32.9 Å². The van der Waals surface area contributed by atoms with Crippen molar-refractivity contribution in [3.63, 3.8) is 0 Å². The van der Waals surface area contributed by atoms with E-state index in [1.807, 2.05) is 4.90 Å². The molecule has 2 atom stereocenters. The van der Waals surface area contributed by atoms with Gasteiger partial charge in [0.25, 0.3) is 0 Å². The standard InChI is InChI=1S/C26H23F2N5O2.C9H15N/c1-4-17-20(27)6-5-15-9-16(29)10-18(21(15)17)23-22(28)24-19(11-30-23)25(32-26(31-24)34-3)33-7-8-35-13-14(2)12-33;1-2-8-6-9(3-4-9)7-10(8)5-1/h1,5-6,9-11,14H,7-8,12-13,29H2,2-3H3;8H,1-7H2. The van der Waals surface area contributed by atoms with Crippen molar-refractivity contribution in [2.75, 3.05) is 57.1 Å². The summed E-state index contributed by atoms with van der Waals surface area (Å²) in [5, 5.41) is 1.36. The Balaban J connectivity index is 0.000000270. The summed E-state index contributed by atoms with van der Waals surface area (Å²) in [6, 6.07) is 7.05. The topological polar surface area (TPSA) is 89.6 Å². The second kappa shape index (κ2) is 11.7. The minimum Gasteiger partial charge on any atom is -0.467 e. The first-order chi connectivity index (χ1) is 21.8. The fourth-order valence-electron chi connectivity index (χ4n) is 7.37. The van der Waals surface area contributed by atoms with E-state index >= 15 is 4.39 Å². The number of methoxy groups -OCH3 is 1. The summed E-state index contributed by atoms with van der Waals surface area (Å²) in [6.45, 7) is 7.33. The molecule has 1 spiro atoms. The Morgan fingerprint density at radius 1 is 1.18 bits per heavy atom. The number of nitrogens with two attached hydrogens (primary N) is 1. The third-order valence-electron chi connectivity index (χ3n) is 9.72. The number of hydrogen-bond donors (Lipinski definition) is 1. The molecule has 45 heavy (non-hydrogen) atoms. The minimum atomic E-state index is -0.706. The molecule has 8 rings (SSSR count). The fraction of sp³-hybridized carbons (Fsp3) is 0.457. The molecular formula is C35H38F2N6O2.